The van der Waals surface area contributed by atoms with Crippen LogP contribution in [0.25, 0.3) is 0 Å². The molecule has 2 atom stereocenters. The molecule has 6 heteroatoms. The molecule has 1 aliphatic carbocycles. The summed E-state index contributed by atoms with van der Waals surface area (Å²) in [5.41, 5.74) is 0.884. The average Bonchev–Trinajstić information content (AvgIpc) is 3.12. The second kappa shape index (κ2) is 8.22. The van der Waals surface area contributed by atoms with Crippen LogP contribution in [0.4, 0.5) is 5.69 Å². The maximum absolute atomic E-state index is 6.10. The van der Waals surface area contributed by atoms with Crippen LogP contribution >= 0.6 is 35.4 Å². The van der Waals surface area contributed by atoms with E-state index in [-0.39, 0.29) is 0 Å². The van der Waals surface area contributed by atoms with Gasteiger partial charge >= 0.3 is 0 Å². The largest absolute Gasteiger partial charge is 0.348 e. The molecule has 1 aromatic carbocycles. The molecule has 1 aromatic rings. The predicted octanol–water partition coefficient (Wildman–Crippen LogP) is 5.03. The topological polar surface area (TPSA) is 18.5 Å². The number of rotatable bonds is 3. The van der Waals surface area contributed by atoms with Gasteiger partial charge in [-0.3, -0.25) is 4.90 Å². The normalized spacial score (nSPS) is 24.8. The number of hydrogen-bond donors (Lipinski definition) is 1. The predicted molar refractivity (Wildman–Crippen MR) is 107 cm³/mol. The molecule has 1 heterocycles. The van der Waals surface area contributed by atoms with Gasteiger partial charge in [-0.1, -0.05) is 36.0 Å². The Kier molecular flexibility index (Phi) is 6.25. The van der Waals surface area contributed by atoms with Gasteiger partial charge in [0.1, 0.15) is 0 Å². The molecule has 0 bridgehead atoms. The number of thiocarbonyl (C=S) groups is 1. The fourth-order valence-corrected chi connectivity index (χ4v) is 4.53. The van der Waals surface area contributed by atoms with E-state index < -0.39 is 0 Å². The summed E-state index contributed by atoms with van der Waals surface area (Å²) in [7, 11) is 2.12. The third-order valence-electron chi connectivity index (χ3n) is 5.29. The molecule has 132 valence electrons. The van der Waals surface area contributed by atoms with E-state index in [4.69, 9.17) is 35.4 Å². The lowest BCUT2D eigenvalue weighted by Crippen LogP contribution is -2.53. The van der Waals surface area contributed by atoms with Crippen molar-refractivity contribution in [3.8, 4) is 0 Å². The number of likely N-dealkylation sites (tertiary alicyclic amines) is 1. The van der Waals surface area contributed by atoms with Crippen LogP contribution in [0, 0.1) is 0 Å². The van der Waals surface area contributed by atoms with Gasteiger partial charge in [0.15, 0.2) is 5.11 Å². The molecular weight excluding hydrogens is 361 g/mol. The zero-order chi connectivity index (χ0) is 17.1. The van der Waals surface area contributed by atoms with Crippen molar-refractivity contribution in [2.45, 2.75) is 50.6 Å². The minimum absolute atomic E-state index is 0.486. The molecule has 3 rings (SSSR count). The zero-order valence-corrected chi connectivity index (χ0v) is 16.4. The van der Waals surface area contributed by atoms with Crippen molar-refractivity contribution in [1.82, 2.24) is 9.80 Å². The number of benzene rings is 1. The van der Waals surface area contributed by atoms with Crippen LogP contribution in [0.1, 0.15) is 38.5 Å². The second-order valence-electron chi connectivity index (χ2n) is 6.83. The average molecular weight is 386 g/mol. The Labute approximate surface area is 160 Å². The molecule has 24 heavy (non-hydrogen) atoms. The van der Waals surface area contributed by atoms with Crippen molar-refractivity contribution in [3.63, 3.8) is 0 Å². The summed E-state index contributed by atoms with van der Waals surface area (Å²) in [5, 5.41) is 5.17. The standard InChI is InChI=1S/C18H25Cl2N3S/c1-22(18(24)21-13-8-9-14(19)15(20)12-13)16-6-2-3-7-17(16)23-10-4-5-11-23/h8-9,12,16-17H,2-7,10-11H2,1H3,(H,21,24)/t16-,17+/m1/s1. The van der Waals surface area contributed by atoms with E-state index >= 15 is 0 Å². The summed E-state index contributed by atoms with van der Waals surface area (Å²) in [6.07, 6.45) is 7.77. The first-order valence-electron chi connectivity index (χ1n) is 8.79. The highest BCUT2D eigenvalue weighted by molar-refractivity contribution is 7.80. The van der Waals surface area contributed by atoms with E-state index in [1.807, 2.05) is 12.1 Å². The summed E-state index contributed by atoms with van der Waals surface area (Å²) in [5.74, 6) is 0. The Morgan fingerprint density at radius 2 is 1.83 bits per heavy atom. The van der Waals surface area contributed by atoms with Gasteiger partial charge in [-0.05, 0) is 69.2 Å². The third-order valence-corrected chi connectivity index (χ3v) is 6.42. The quantitative estimate of drug-likeness (QED) is 0.735. The van der Waals surface area contributed by atoms with E-state index in [2.05, 4.69) is 22.2 Å². The maximum atomic E-state index is 6.10. The Bertz CT molecular complexity index is 590. The fourth-order valence-electron chi connectivity index (χ4n) is 3.98. The lowest BCUT2D eigenvalue weighted by atomic mass is 9.88. The SMILES string of the molecule is CN(C(=S)Nc1ccc(Cl)c(Cl)c1)[C@@H]1CCCC[C@@H]1N1CCCC1. The van der Waals surface area contributed by atoms with Gasteiger partial charge in [-0.2, -0.15) is 0 Å². The van der Waals surface area contributed by atoms with E-state index in [1.165, 1.54) is 51.6 Å². The minimum atomic E-state index is 0.486. The highest BCUT2D eigenvalue weighted by Crippen LogP contribution is 2.30. The first-order valence-corrected chi connectivity index (χ1v) is 9.95. The summed E-state index contributed by atoms with van der Waals surface area (Å²) >= 11 is 17.7. The van der Waals surface area contributed by atoms with Crippen LogP contribution in [-0.4, -0.2) is 47.1 Å². The van der Waals surface area contributed by atoms with E-state index in [0.29, 0.717) is 22.1 Å². The molecule has 2 fully saturated rings. The van der Waals surface area contributed by atoms with Crippen LogP contribution in [0.2, 0.25) is 10.0 Å². The molecule has 1 saturated heterocycles. The summed E-state index contributed by atoms with van der Waals surface area (Å²) < 4.78 is 0. The molecule has 0 amide bonds. The monoisotopic (exact) mass is 385 g/mol. The minimum Gasteiger partial charge on any atom is -0.348 e. The van der Waals surface area contributed by atoms with Crippen molar-refractivity contribution in [1.29, 1.82) is 0 Å². The lowest BCUT2D eigenvalue weighted by molar-refractivity contribution is 0.112. The van der Waals surface area contributed by atoms with Crippen molar-refractivity contribution < 1.29 is 0 Å². The fraction of sp³-hybridized carbons (Fsp3) is 0.611. The molecule has 0 spiro atoms. The molecular formula is C18H25Cl2N3S. The zero-order valence-electron chi connectivity index (χ0n) is 14.1. The Morgan fingerprint density at radius 1 is 1.12 bits per heavy atom. The van der Waals surface area contributed by atoms with Crippen molar-refractivity contribution in [2.75, 3.05) is 25.5 Å². The van der Waals surface area contributed by atoms with E-state index in [9.17, 15) is 0 Å². The Morgan fingerprint density at radius 3 is 2.54 bits per heavy atom. The van der Waals surface area contributed by atoms with Crippen LogP contribution in [0.3, 0.4) is 0 Å². The van der Waals surface area contributed by atoms with Crippen molar-refractivity contribution in [3.05, 3.63) is 28.2 Å². The number of likely N-dealkylation sites (N-methyl/N-ethyl adjacent to an activating group) is 1. The molecule has 1 aliphatic heterocycles. The number of halogens is 2. The molecule has 0 aromatic heterocycles. The van der Waals surface area contributed by atoms with Crippen LogP contribution in [0.15, 0.2) is 18.2 Å². The number of hydrogen-bond acceptors (Lipinski definition) is 2. The number of nitrogens with zero attached hydrogens (tertiary/aromatic N) is 2. The first kappa shape index (κ1) is 18.2. The molecule has 1 saturated carbocycles. The lowest BCUT2D eigenvalue weighted by Gasteiger charge is -2.43. The molecule has 0 unspecified atom stereocenters. The van der Waals surface area contributed by atoms with Gasteiger partial charge < -0.3 is 10.2 Å². The van der Waals surface area contributed by atoms with Crippen LogP contribution in [-0.2, 0) is 0 Å². The number of anilines is 1. The second-order valence-corrected chi connectivity index (χ2v) is 8.03. The van der Waals surface area contributed by atoms with Crippen molar-refractivity contribution in [2.24, 2.45) is 0 Å². The van der Waals surface area contributed by atoms with Crippen molar-refractivity contribution >= 4 is 46.2 Å². The number of nitrogens with one attached hydrogen (secondary N) is 1. The van der Waals surface area contributed by atoms with E-state index in [0.717, 1.165) is 10.8 Å². The van der Waals surface area contributed by atoms with Gasteiger partial charge in [0.05, 0.1) is 10.0 Å². The Balaban J connectivity index is 1.67. The van der Waals surface area contributed by atoms with Gasteiger partial charge in [0, 0.05) is 24.8 Å². The first-order chi connectivity index (χ1) is 11.6. The summed E-state index contributed by atoms with van der Waals surface area (Å²) in [6, 6.07) is 6.64. The van der Waals surface area contributed by atoms with Gasteiger partial charge in [0.2, 0.25) is 0 Å². The molecule has 1 N–H and O–H groups in total. The highest BCUT2D eigenvalue weighted by Gasteiger charge is 2.34. The molecule has 2 aliphatic rings. The Hall–Kier alpha value is -0.550. The van der Waals surface area contributed by atoms with Crippen LogP contribution < -0.4 is 5.32 Å². The molecule has 3 nitrogen and oxygen atoms in total. The highest BCUT2D eigenvalue weighted by atomic mass is 35.5. The van der Waals surface area contributed by atoms with E-state index in [1.54, 1.807) is 6.07 Å². The third kappa shape index (κ3) is 4.16. The summed E-state index contributed by atoms with van der Waals surface area (Å²) in [6.45, 7) is 2.48. The van der Waals surface area contributed by atoms with Gasteiger partial charge in [0.25, 0.3) is 0 Å². The van der Waals surface area contributed by atoms with Gasteiger partial charge in [-0.15, -0.1) is 0 Å². The smallest absolute Gasteiger partial charge is 0.173 e. The molecule has 0 radical (unpaired) electrons. The maximum Gasteiger partial charge on any atom is 0.173 e. The van der Waals surface area contributed by atoms with Crippen LogP contribution in [0.5, 0.6) is 0 Å². The van der Waals surface area contributed by atoms with Gasteiger partial charge in [-0.25, -0.2) is 0 Å². The summed E-state index contributed by atoms with van der Waals surface area (Å²) in [4.78, 5) is 4.92.